The second kappa shape index (κ2) is 8.31. The van der Waals surface area contributed by atoms with Gasteiger partial charge in [-0.25, -0.2) is 0 Å². The quantitative estimate of drug-likeness (QED) is 0.729. The van der Waals surface area contributed by atoms with Crippen LogP contribution in [0, 0.1) is 0 Å². The lowest BCUT2D eigenvalue weighted by Gasteiger charge is -2.22. The van der Waals surface area contributed by atoms with Gasteiger partial charge in [0.2, 0.25) is 11.8 Å². The Labute approximate surface area is 151 Å². The summed E-state index contributed by atoms with van der Waals surface area (Å²) in [5.74, 6) is -0.270. The van der Waals surface area contributed by atoms with Crippen molar-refractivity contribution in [3.05, 3.63) is 40.2 Å². The van der Waals surface area contributed by atoms with E-state index in [1.807, 2.05) is 38.1 Å². The fraction of sp³-hybridized carbons (Fsp3) is 0.333. The van der Waals surface area contributed by atoms with E-state index in [1.54, 1.807) is 18.0 Å². The largest absolute Gasteiger partial charge is 0.342 e. The van der Waals surface area contributed by atoms with Crippen LogP contribution in [0.25, 0.3) is 16.2 Å². The van der Waals surface area contributed by atoms with Gasteiger partial charge in [-0.05, 0) is 26.0 Å². The zero-order valence-electron chi connectivity index (χ0n) is 14.1. The Morgan fingerprint density at radius 2 is 1.88 bits per heavy atom. The fourth-order valence-corrected chi connectivity index (χ4v) is 3.77. The van der Waals surface area contributed by atoms with Gasteiger partial charge in [0.1, 0.15) is 0 Å². The number of amides is 2. The zero-order chi connectivity index (χ0) is 17.7. The smallest absolute Gasteiger partial charge is 0.246 e. The van der Waals surface area contributed by atoms with E-state index in [-0.39, 0.29) is 18.4 Å². The van der Waals surface area contributed by atoms with Crippen LogP contribution in [0.3, 0.4) is 0 Å². The number of benzene rings is 1. The van der Waals surface area contributed by atoms with E-state index in [0.717, 1.165) is 15.0 Å². The van der Waals surface area contributed by atoms with Crippen LogP contribution in [0.1, 0.15) is 18.7 Å². The first kappa shape index (κ1) is 18.5. The predicted octanol–water partition coefficient (Wildman–Crippen LogP) is 3.89. The maximum absolute atomic E-state index is 12.2. The first-order valence-corrected chi connectivity index (χ1v) is 9.05. The number of hydrogen-bond acceptors (Lipinski definition) is 3. The zero-order valence-corrected chi connectivity index (χ0v) is 15.7. The van der Waals surface area contributed by atoms with Gasteiger partial charge < -0.3 is 9.80 Å². The van der Waals surface area contributed by atoms with E-state index < -0.39 is 0 Å². The molecule has 0 radical (unpaired) electrons. The SMILES string of the molecule is CCN(CC)C(=O)CN(C)C(=O)/C=C/c1sc2ccccc2c1Cl. The van der Waals surface area contributed by atoms with Crippen LogP contribution < -0.4 is 0 Å². The molecule has 0 fully saturated rings. The third kappa shape index (κ3) is 4.16. The molecule has 6 heteroatoms. The third-order valence-corrected chi connectivity index (χ3v) is 5.46. The van der Waals surface area contributed by atoms with Crippen molar-refractivity contribution in [3.63, 3.8) is 0 Å². The molecule has 0 aliphatic heterocycles. The minimum Gasteiger partial charge on any atom is -0.342 e. The molecule has 0 saturated heterocycles. The molecule has 0 bridgehead atoms. The molecule has 0 aliphatic carbocycles. The molecule has 0 spiro atoms. The lowest BCUT2D eigenvalue weighted by atomic mass is 10.2. The van der Waals surface area contributed by atoms with Crippen LogP contribution in [-0.4, -0.2) is 48.3 Å². The van der Waals surface area contributed by atoms with Gasteiger partial charge in [0.25, 0.3) is 0 Å². The number of fused-ring (bicyclic) bond motifs is 1. The van der Waals surface area contributed by atoms with Crippen LogP contribution in [0.2, 0.25) is 5.02 Å². The molecular weight excluding hydrogens is 344 g/mol. The summed E-state index contributed by atoms with van der Waals surface area (Å²) >= 11 is 7.90. The Kier molecular flexibility index (Phi) is 6.40. The predicted molar refractivity (Wildman–Crippen MR) is 101 cm³/mol. The summed E-state index contributed by atoms with van der Waals surface area (Å²) in [7, 11) is 1.63. The van der Waals surface area contributed by atoms with Crippen molar-refractivity contribution in [2.24, 2.45) is 0 Å². The summed E-state index contributed by atoms with van der Waals surface area (Å²) in [6.45, 7) is 5.21. The molecule has 1 aromatic heterocycles. The van der Waals surface area contributed by atoms with Crippen LogP contribution >= 0.6 is 22.9 Å². The molecule has 0 N–H and O–H groups in total. The van der Waals surface area contributed by atoms with Gasteiger partial charge in [-0.15, -0.1) is 11.3 Å². The molecule has 2 rings (SSSR count). The molecule has 0 atom stereocenters. The molecule has 0 saturated carbocycles. The summed E-state index contributed by atoms with van der Waals surface area (Å²) < 4.78 is 1.08. The first-order chi connectivity index (χ1) is 11.5. The molecule has 2 aromatic rings. The highest BCUT2D eigenvalue weighted by atomic mass is 35.5. The van der Waals surface area contributed by atoms with Gasteiger partial charge in [0, 0.05) is 41.2 Å². The van der Waals surface area contributed by atoms with E-state index in [1.165, 1.54) is 22.3 Å². The summed E-state index contributed by atoms with van der Waals surface area (Å²) in [6.07, 6.45) is 3.18. The van der Waals surface area contributed by atoms with Crippen molar-refractivity contribution >= 4 is 50.9 Å². The van der Waals surface area contributed by atoms with Crippen LogP contribution in [0.5, 0.6) is 0 Å². The van der Waals surface area contributed by atoms with E-state index in [4.69, 9.17) is 11.6 Å². The molecule has 4 nitrogen and oxygen atoms in total. The van der Waals surface area contributed by atoms with E-state index in [2.05, 4.69) is 0 Å². The van der Waals surface area contributed by atoms with E-state index in [0.29, 0.717) is 18.1 Å². The Balaban J connectivity index is 2.06. The van der Waals surface area contributed by atoms with Gasteiger partial charge in [-0.1, -0.05) is 29.8 Å². The minimum atomic E-state index is -0.218. The van der Waals surface area contributed by atoms with Gasteiger partial charge in [0.15, 0.2) is 0 Å². The van der Waals surface area contributed by atoms with Crippen molar-refractivity contribution in [1.29, 1.82) is 0 Å². The first-order valence-electron chi connectivity index (χ1n) is 7.85. The minimum absolute atomic E-state index is 0.0517. The molecule has 128 valence electrons. The normalized spacial score (nSPS) is 11.2. The lowest BCUT2D eigenvalue weighted by molar-refractivity contribution is -0.136. The fourth-order valence-electron chi connectivity index (χ4n) is 2.37. The van der Waals surface area contributed by atoms with Crippen molar-refractivity contribution in [1.82, 2.24) is 9.80 Å². The molecule has 0 aliphatic rings. The molecule has 24 heavy (non-hydrogen) atoms. The number of carbonyl (C=O) groups is 2. The Morgan fingerprint density at radius 1 is 1.21 bits per heavy atom. The second-order valence-corrected chi connectivity index (χ2v) is 6.83. The monoisotopic (exact) mass is 364 g/mol. The number of thiophene rings is 1. The van der Waals surface area contributed by atoms with Crippen molar-refractivity contribution in [3.8, 4) is 0 Å². The number of carbonyl (C=O) groups excluding carboxylic acids is 2. The average molecular weight is 365 g/mol. The Bertz CT molecular complexity index is 765. The summed E-state index contributed by atoms with van der Waals surface area (Å²) in [6, 6.07) is 7.86. The standard InChI is InChI=1S/C18H21ClN2O2S/c1-4-21(5-2)17(23)12-20(3)16(22)11-10-15-18(19)13-8-6-7-9-14(13)24-15/h6-11H,4-5,12H2,1-3H3/b11-10+. The maximum Gasteiger partial charge on any atom is 0.246 e. The average Bonchev–Trinajstić information content (AvgIpc) is 2.90. The van der Waals surface area contributed by atoms with Crippen molar-refractivity contribution < 1.29 is 9.59 Å². The van der Waals surface area contributed by atoms with Gasteiger partial charge in [-0.2, -0.15) is 0 Å². The highest BCUT2D eigenvalue weighted by Gasteiger charge is 2.15. The van der Waals surface area contributed by atoms with Crippen molar-refractivity contribution in [2.45, 2.75) is 13.8 Å². The topological polar surface area (TPSA) is 40.6 Å². The Morgan fingerprint density at radius 3 is 2.50 bits per heavy atom. The second-order valence-electron chi connectivity index (χ2n) is 5.37. The van der Waals surface area contributed by atoms with Gasteiger partial charge >= 0.3 is 0 Å². The number of nitrogens with zero attached hydrogens (tertiary/aromatic N) is 2. The highest BCUT2D eigenvalue weighted by molar-refractivity contribution is 7.20. The van der Waals surface area contributed by atoms with E-state index in [9.17, 15) is 9.59 Å². The van der Waals surface area contributed by atoms with Crippen LogP contribution in [0.15, 0.2) is 30.3 Å². The summed E-state index contributed by atoms with van der Waals surface area (Å²) in [4.78, 5) is 28.2. The number of hydrogen-bond donors (Lipinski definition) is 0. The molecular formula is C18H21ClN2O2S. The summed E-state index contributed by atoms with van der Waals surface area (Å²) in [5, 5.41) is 1.64. The van der Waals surface area contributed by atoms with E-state index >= 15 is 0 Å². The number of likely N-dealkylation sites (N-methyl/N-ethyl adjacent to an activating group) is 2. The molecule has 0 unspecified atom stereocenters. The molecule has 2 amide bonds. The third-order valence-electron chi connectivity index (χ3n) is 3.80. The number of halogens is 1. The highest BCUT2D eigenvalue weighted by Crippen LogP contribution is 2.35. The molecule has 1 aromatic carbocycles. The Hall–Kier alpha value is -1.85. The number of rotatable bonds is 6. The van der Waals surface area contributed by atoms with Crippen LogP contribution in [0.4, 0.5) is 0 Å². The van der Waals surface area contributed by atoms with Crippen LogP contribution in [-0.2, 0) is 9.59 Å². The van der Waals surface area contributed by atoms with Gasteiger partial charge in [-0.3, -0.25) is 9.59 Å². The molecule has 1 heterocycles. The summed E-state index contributed by atoms with van der Waals surface area (Å²) in [5.41, 5.74) is 0. The maximum atomic E-state index is 12.2. The van der Waals surface area contributed by atoms with Crippen molar-refractivity contribution in [2.75, 3.05) is 26.7 Å². The lowest BCUT2D eigenvalue weighted by Crippen LogP contribution is -2.40. The van der Waals surface area contributed by atoms with Gasteiger partial charge in [0.05, 0.1) is 11.6 Å².